The normalized spacial score (nSPS) is 17.0. The summed E-state index contributed by atoms with van der Waals surface area (Å²) in [4.78, 5) is 26.5. The number of hydrogen-bond donors (Lipinski definition) is 1. The molecule has 1 unspecified atom stereocenters. The number of rotatable bonds is 4. The quantitative estimate of drug-likeness (QED) is 0.344. The first-order chi connectivity index (χ1) is 13.3. The number of ether oxygens (including phenoxy) is 1. The summed E-state index contributed by atoms with van der Waals surface area (Å²) in [6.07, 6.45) is -5.08. The van der Waals surface area contributed by atoms with Crippen LogP contribution in [0.1, 0.15) is 50.8 Å². The standard InChI is InChI=1S/C19H23F4IN2O3/c1-18(2,3)29-17(28)26(11-7-9-25-10-8-11)15(16(24)27)12-5-4-6-13(20)14(12)19(21,22)23/h4-6,11,15,25H,7-10H2,1-3H3. The molecule has 29 heavy (non-hydrogen) atoms. The molecule has 5 nitrogen and oxygen atoms in total. The van der Waals surface area contributed by atoms with Crippen LogP contribution in [-0.2, 0) is 15.7 Å². The second-order valence-electron chi connectivity index (χ2n) is 7.78. The van der Waals surface area contributed by atoms with Gasteiger partial charge >= 0.3 is 12.3 Å². The van der Waals surface area contributed by atoms with Crippen molar-refractivity contribution < 1.29 is 31.9 Å². The maximum Gasteiger partial charge on any atom is 0.419 e. The van der Waals surface area contributed by atoms with E-state index >= 15 is 0 Å². The maximum atomic E-state index is 14.2. The number of alkyl halides is 3. The van der Waals surface area contributed by atoms with Gasteiger partial charge in [-0.1, -0.05) is 12.1 Å². The number of amides is 1. The van der Waals surface area contributed by atoms with Gasteiger partial charge in [-0.25, -0.2) is 9.18 Å². The van der Waals surface area contributed by atoms with Crippen molar-refractivity contribution in [2.24, 2.45) is 0 Å². The number of carbonyl (C=O) groups excluding carboxylic acids is 2. The predicted octanol–water partition coefficient (Wildman–Crippen LogP) is 4.84. The second kappa shape index (κ2) is 9.15. The summed E-state index contributed by atoms with van der Waals surface area (Å²) in [5, 5.41) is 3.10. The minimum Gasteiger partial charge on any atom is -0.444 e. The van der Waals surface area contributed by atoms with Crippen LogP contribution in [0.3, 0.4) is 0 Å². The number of nitrogens with zero attached hydrogens (tertiary/aromatic N) is 1. The van der Waals surface area contributed by atoms with Crippen molar-refractivity contribution in [1.82, 2.24) is 10.2 Å². The van der Waals surface area contributed by atoms with E-state index in [4.69, 9.17) is 4.74 Å². The third-order valence-corrected chi connectivity index (χ3v) is 5.01. The van der Waals surface area contributed by atoms with E-state index in [2.05, 4.69) is 5.32 Å². The molecule has 10 heteroatoms. The molecule has 1 heterocycles. The Morgan fingerprint density at radius 1 is 1.21 bits per heavy atom. The highest BCUT2D eigenvalue weighted by Gasteiger charge is 2.44. The van der Waals surface area contributed by atoms with Gasteiger partial charge < -0.3 is 10.1 Å². The molecule has 1 saturated heterocycles. The highest BCUT2D eigenvalue weighted by atomic mass is 127. The molecule has 0 saturated carbocycles. The van der Waals surface area contributed by atoms with Crippen molar-refractivity contribution in [1.29, 1.82) is 0 Å². The molecule has 2 rings (SSSR count). The first-order valence-electron chi connectivity index (χ1n) is 9.10. The lowest BCUT2D eigenvalue weighted by atomic mass is 9.95. The van der Waals surface area contributed by atoms with E-state index < -0.39 is 50.7 Å². The smallest absolute Gasteiger partial charge is 0.419 e. The van der Waals surface area contributed by atoms with Crippen molar-refractivity contribution in [2.75, 3.05) is 13.1 Å². The van der Waals surface area contributed by atoms with E-state index in [0.29, 0.717) is 32.0 Å². The van der Waals surface area contributed by atoms with Gasteiger partial charge in [-0.2, -0.15) is 13.2 Å². The Balaban J connectivity index is 2.63. The van der Waals surface area contributed by atoms with Gasteiger partial charge in [0.2, 0.25) is 3.79 Å². The number of carbonyl (C=O) groups is 2. The summed E-state index contributed by atoms with van der Waals surface area (Å²) in [7, 11) is 0. The molecule has 1 atom stereocenters. The first-order valence-corrected chi connectivity index (χ1v) is 10.2. The molecule has 0 radical (unpaired) electrons. The summed E-state index contributed by atoms with van der Waals surface area (Å²) >= 11 is 1.35. The largest absolute Gasteiger partial charge is 0.444 e. The lowest BCUT2D eigenvalue weighted by Crippen LogP contribution is -2.51. The lowest BCUT2D eigenvalue weighted by molar-refractivity contribution is -0.141. The number of halogens is 5. The molecule has 0 spiro atoms. The van der Waals surface area contributed by atoms with Crippen molar-refractivity contribution >= 4 is 32.5 Å². The molecule has 1 aliphatic rings. The highest BCUT2D eigenvalue weighted by molar-refractivity contribution is 14.1. The summed E-state index contributed by atoms with van der Waals surface area (Å²) in [5.41, 5.74) is -3.06. The molecular weight excluding hydrogens is 507 g/mol. The summed E-state index contributed by atoms with van der Waals surface area (Å²) < 4.78 is 59.7. The minimum absolute atomic E-state index is 0.427. The van der Waals surface area contributed by atoms with Gasteiger partial charge in [0.1, 0.15) is 17.5 Å². The van der Waals surface area contributed by atoms with Gasteiger partial charge in [0.25, 0.3) is 0 Å². The van der Waals surface area contributed by atoms with E-state index in [1.807, 2.05) is 0 Å². The first kappa shape index (κ1) is 23.8. The fourth-order valence-corrected chi connectivity index (χ4v) is 3.95. The van der Waals surface area contributed by atoms with Crippen LogP contribution in [0.2, 0.25) is 0 Å². The van der Waals surface area contributed by atoms with Gasteiger partial charge in [-0.15, -0.1) is 0 Å². The van der Waals surface area contributed by atoms with Crippen LogP contribution in [-0.4, -0.2) is 39.5 Å². The molecule has 1 fully saturated rings. The SMILES string of the molecule is CC(C)(C)OC(=O)N(C1CCNCC1)C(C(=O)I)c1cccc(F)c1C(F)(F)F. The second-order valence-corrected chi connectivity index (χ2v) is 8.84. The van der Waals surface area contributed by atoms with E-state index in [-0.39, 0.29) is 0 Å². The Bertz CT molecular complexity index is 759. The Morgan fingerprint density at radius 3 is 2.28 bits per heavy atom. The van der Waals surface area contributed by atoms with Gasteiger partial charge in [-0.05, 0) is 58.3 Å². The Morgan fingerprint density at radius 2 is 1.79 bits per heavy atom. The Kier molecular flexibility index (Phi) is 7.52. The van der Waals surface area contributed by atoms with E-state index in [1.54, 1.807) is 20.8 Å². The van der Waals surface area contributed by atoms with E-state index in [9.17, 15) is 27.2 Å². The highest BCUT2D eigenvalue weighted by Crippen LogP contribution is 2.40. The number of benzene rings is 1. The monoisotopic (exact) mass is 530 g/mol. The molecule has 162 valence electrons. The zero-order valence-corrected chi connectivity index (χ0v) is 18.4. The number of piperidine rings is 1. The van der Waals surface area contributed by atoms with Crippen LogP contribution in [0.15, 0.2) is 18.2 Å². The van der Waals surface area contributed by atoms with E-state index in [1.165, 1.54) is 22.6 Å². The van der Waals surface area contributed by atoms with Crippen molar-refractivity contribution in [3.05, 3.63) is 35.1 Å². The summed E-state index contributed by atoms with van der Waals surface area (Å²) in [6.45, 7) is 5.92. The van der Waals surface area contributed by atoms with Crippen LogP contribution in [0.5, 0.6) is 0 Å². The third kappa shape index (κ3) is 6.03. The molecule has 1 aromatic carbocycles. The molecule has 1 N–H and O–H groups in total. The average Bonchev–Trinajstić information content (AvgIpc) is 2.57. The number of nitrogens with one attached hydrogen (secondary N) is 1. The van der Waals surface area contributed by atoms with Gasteiger partial charge in [-0.3, -0.25) is 9.69 Å². The predicted molar refractivity (Wildman–Crippen MR) is 107 cm³/mol. The topological polar surface area (TPSA) is 58.6 Å². The van der Waals surface area contributed by atoms with Crippen LogP contribution in [0, 0.1) is 5.82 Å². The minimum atomic E-state index is -5.03. The van der Waals surface area contributed by atoms with Crippen LogP contribution < -0.4 is 5.32 Å². The van der Waals surface area contributed by atoms with Gasteiger partial charge in [0, 0.05) is 28.6 Å². The third-order valence-electron chi connectivity index (χ3n) is 4.42. The fourth-order valence-electron chi connectivity index (χ4n) is 3.31. The summed E-state index contributed by atoms with van der Waals surface area (Å²) in [6, 6.07) is 0.664. The maximum absolute atomic E-state index is 14.2. The van der Waals surface area contributed by atoms with Crippen molar-refractivity contribution in [2.45, 2.75) is 57.5 Å². The molecule has 0 bridgehead atoms. The molecule has 1 aliphatic heterocycles. The van der Waals surface area contributed by atoms with E-state index in [0.717, 1.165) is 17.0 Å². The zero-order valence-electron chi connectivity index (χ0n) is 16.3. The fraction of sp³-hybridized carbons (Fsp3) is 0.579. The molecular formula is C19H23F4IN2O3. The molecule has 0 aromatic heterocycles. The van der Waals surface area contributed by atoms with Crippen LogP contribution >= 0.6 is 22.6 Å². The average molecular weight is 530 g/mol. The van der Waals surface area contributed by atoms with Crippen molar-refractivity contribution in [3.8, 4) is 0 Å². The molecule has 1 amide bonds. The zero-order chi connectivity index (χ0) is 22.0. The molecule has 0 aliphatic carbocycles. The van der Waals surface area contributed by atoms with Gasteiger partial charge in [0.05, 0.1) is 5.56 Å². The van der Waals surface area contributed by atoms with Crippen LogP contribution in [0.4, 0.5) is 22.4 Å². The Labute approximate surface area is 180 Å². The molecule has 1 aromatic rings. The summed E-state index contributed by atoms with van der Waals surface area (Å²) in [5.74, 6) is -1.49. The van der Waals surface area contributed by atoms with Gasteiger partial charge in [0.15, 0.2) is 0 Å². The number of hydrogen-bond acceptors (Lipinski definition) is 4. The van der Waals surface area contributed by atoms with Crippen LogP contribution in [0.25, 0.3) is 0 Å². The van der Waals surface area contributed by atoms with Crippen molar-refractivity contribution in [3.63, 3.8) is 0 Å². The Hall–Kier alpha value is -1.43. The lowest BCUT2D eigenvalue weighted by Gasteiger charge is -2.40.